The average Bonchev–Trinajstić information content (AvgIpc) is 3.27. The number of aromatic nitrogens is 4. The molecule has 3 rings (SSSR count). The molecule has 0 saturated carbocycles. The number of carbonyl (C=O) groups excluding carboxylic acids is 1. The monoisotopic (exact) mass is 540 g/mol. The molecule has 1 fully saturated rings. The summed E-state index contributed by atoms with van der Waals surface area (Å²) in [7, 11) is -3.77. The number of piperazine rings is 1. The molecule has 0 aliphatic carbocycles. The number of sulfonamides is 1. The number of alkyl halides is 3. The molecule has 0 bridgehead atoms. The zero-order chi connectivity index (χ0) is 24.0. The maximum absolute atomic E-state index is 13.1. The molecule has 1 amide bonds. The standard InChI is InChI=1S/C18H24BrF3N6O3S/c1-5-26-10-14(11(2)23-26)32(30,31)27-8-6-25(7-9-27)17(29)13(4)28-12(3)15(19)16(24-28)18(20,21)22/h10,13H,5-9H2,1-4H3. The highest BCUT2D eigenvalue weighted by Gasteiger charge is 2.40. The second-order valence-corrected chi connectivity index (χ2v) is 10.2. The van der Waals surface area contributed by atoms with Gasteiger partial charge in [-0.15, -0.1) is 0 Å². The van der Waals surface area contributed by atoms with Gasteiger partial charge in [0.2, 0.25) is 15.9 Å². The lowest BCUT2D eigenvalue weighted by atomic mass is 10.2. The summed E-state index contributed by atoms with van der Waals surface area (Å²) in [5.41, 5.74) is -0.504. The zero-order valence-electron chi connectivity index (χ0n) is 18.0. The van der Waals surface area contributed by atoms with Crippen LogP contribution in [0.15, 0.2) is 15.6 Å². The molecular weight excluding hydrogens is 517 g/mol. The van der Waals surface area contributed by atoms with Crippen LogP contribution in [-0.2, 0) is 27.5 Å². The van der Waals surface area contributed by atoms with E-state index in [0.29, 0.717) is 12.2 Å². The Hall–Kier alpha value is -1.93. The highest BCUT2D eigenvalue weighted by atomic mass is 79.9. The van der Waals surface area contributed by atoms with Crippen LogP contribution in [-0.4, -0.2) is 69.3 Å². The van der Waals surface area contributed by atoms with Crippen LogP contribution in [0.5, 0.6) is 0 Å². The van der Waals surface area contributed by atoms with E-state index in [1.165, 1.54) is 29.2 Å². The Labute approximate surface area is 192 Å². The van der Waals surface area contributed by atoms with E-state index in [1.807, 2.05) is 6.92 Å². The third-order valence-electron chi connectivity index (χ3n) is 5.46. The lowest BCUT2D eigenvalue weighted by Crippen LogP contribution is -2.52. The fraction of sp³-hybridized carbons (Fsp3) is 0.611. The van der Waals surface area contributed by atoms with Crippen molar-refractivity contribution in [2.75, 3.05) is 26.2 Å². The summed E-state index contributed by atoms with van der Waals surface area (Å²) in [4.78, 5) is 14.5. The van der Waals surface area contributed by atoms with E-state index in [9.17, 15) is 26.4 Å². The van der Waals surface area contributed by atoms with Crippen molar-refractivity contribution in [3.05, 3.63) is 27.8 Å². The van der Waals surface area contributed by atoms with Crippen molar-refractivity contribution in [2.24, 2.45) is 0 Å². The summed E-state index contributed by atoms with van der Waals surface area (Å²) in [5, 5.41) is 7.77. The molecule has 0 aromatic carbocycles. The van der Waals surface area contributed by atoms with Gasteiger partial charge >= 0.3 is 6.18 Å². The molecule has 14 heteroatoms. The van der Waals surface area contributed by atoms with Gasteiger partial charge in [0.1, 0.15) is 10.9 Å². The number of hydrogen-bond acceptors (Lipinski definition) is 5. The van der Waals surface area contributed by atoms with E-state index in [0.717, 1.165) is 4.68 Å². The van der Waals surface area contributed by atoms with Crippen molar-refractivity contribution >= 4 is 31.9 Å². The Morgan fingerprint density at radius 2 is 1.78 bits per heavy atom. The van der Waals surface area contributed by atoms with E-state index in [2.05, 4.69) is 26.1 Å². The van der Waals surface area contributed by atoms with Crippen molar-refractivity contribution in [3.63, 3.8) is 0 Å². The Morgan fingerprint density at radius 3 is 2.25 bits per heavy atom. The van der Waals surface area contributed by atoms with Gasteiger partial charge in [0.15, 0.2) is 5.69 Å². The molecule has 1 atom stereocenters. The van der Waals surface area contributed by atoms with E-state index < -0.39 is 33.8 Å². The molecule has 1 unspecified atom stereocenters. The molecule has 9 nitrogen and oxygen atoms in total. The molecule has 1 aliphatic rings. The third-order valence-corrected chi connectivity index (χ3v) is 8.41. The molecule has 2 aromatic heterocycles. The average molecular weight is 541 g/mol. The largest absolute Gasteiger partial charge is 0.436 e. The van der Waals surface area contributed by atoms with E-state index in [-0.39, 0.29) is 41.2 Å². The molecule has 0 spiro atoms. The molecule has 3 heterocycles. The van der Waals surface area contributed by atoms with Gasteiger partial charge in [0.25, 0.3) is 0 Å². The minimum atomic E-state index is -4.65. The predicted octanol–water partition coefficient (Wildman–Crippen LogP) is 2.59. The Balaban J connectivity index is 1.72. The van der Waals surface area contributed by atoms with Gasteiger partial charge in [0.05, 0.1) is 15.9 Å². The van der Waals surface area contributed by atoms with Crippen LogP contribution >= 0.6 is 15.9 Å². The molecule has 2 aromatic rings. The van der Waals surface area contributed by atoms with Crippen LogP contribution < -0.4 is 0 Å². The van der Waals surface area contributed by atoms with Crippen LogP contribution in [0.2, 0.25) is 0 Å². The van der Waals surface area contributed by atoms with Crippen molar-refractivity contribution in [1.82, 2.24) is 28.8 Å². The van der Waals surface area contributed by atoms with Gasteiger partial charge < -0.3 is 4.90 Å². The Bertz CT molecular complexity index is 1120. The number of halogens is 4. The minimum Gasteiger partial charge on any atom is -0.338 e. The quantitative estimate of drug-likeness (QED) is 0.581. The highest BCUT2D eigenvalue weighted by molar-refractivity contribution is 9.10. The van der Waals surface area contributed by atoms with Crippen LogP contribution in [0.1, 0.15) is 37.0 Å². The fourth-order valence-electron chi connectivity index (χ4n) is 3.63. The van der Waals surface area contributed by atoms with Gasteiger partial charge in [-0.3, -0.25) is 14.2 Å². The van der Waals surface area contributed by atoms with Crippen LogP contribution in [0, 0.1) is 13.8 Å². The van der Waals surface area contributed by atoms with Gasteiger partial charge in [-0.1, -0.05) is 0 Å². The summed E-state index contributed by atoms with van der Waals surface area (Å²) in [6.07, 6.45) is -3.16. The second-order valence-electron chi connectivity index (χ2n) is 7.53. The third kappa shape index (κ3) is 4.44. The molecule has 178 valence electrons. The summed E-state index contributed by atoms with van der Waals surface area (Å²) in [6.45, 7) is 7.33. The maximum atomic E-state index is 13.1. The van der Waals surface area contributed by atoms with E-state index in [4.69, 9.17) is 0 Å². The number of rotatable bonds is 5. The Morgan fingerprint density at radius 1 is 1.19 bits per heavy atom. The van der Waals surface area contributed by atoms with Gasteiger partial charge in [-0.05, 0) is 43.6 Å². The van der Waals surface area contributed by atoms with E-state index in [1.54, 1.807) is 11.6 Å². The molecule has 1 aliphatic heterocycles. The minimum absolute atomic E-state index is 0.0765. The van der Waals surface area contributed by atoms with Crippen molar-refractivity contribution in [3.8, 4) is 0 Å². The summed E-state index contributed by atoms with van der Waals surface area (Å²) >= 11 is 2.91. The molecule has 0 N–H and O–H groups in total. The second kappa shape index (κ2) is 8.78. The van der Waals surface area contributed by atoms with Crippen LogP contribution in [0.25, 0.3) is 0 Å². The predicted molar refractivity (Wildman–Crippen MR) is 112 cm³/mol. The highest BCUT2D eigenvalue weighted by Crippen LogP contribution is 2.36. The lowest BCUT2D eigenvalue weighted by Gasteiger charge is -2.35. The first-order valence-electron chi connectivity index (χ1n) is 9.93. The number of aryl methyl sites for hydroxylation is 2. The SMILES string of the molecule is CCn1cc(S(=O)(=O)N2CCN(C(=O)C(C)n3nc(C(F)(F)F)c(Br)c3C)CC2)c(C)n1. The van der Waals surface area contributed by atoms with Crippen molar-refractivity contribution in [1.29, 1.82) is 0 Å². The molecule has 1 saturated heterocycles. The van der Waals surface area contributed by atoms with Crippen molar-refractivity contribution < 1.29 is 26.4 Å². The van der Waals surface area contributed by atoms with E-state index >= 15 is 0 Å². The van der Waals surface area contributed by atoms with Crippen LogP contribution in [0.4, 0.5) is 13.2 Å². The number of carbonyl (C=O) groups is 1. The number of hydrogen-bond donors (Lipinski definition) is 0. The first-order chi connectivity index (χ1) is 14.8. The first kappa shape index (κ1) is 24.7. The lowest BCUT2D eigenvalue weighted by molar-refractivity contribution is -0.143. The molecule has 0 radical (unpaired) electrons. The molecule has 32 heavy (non-hydrogen) atoms. The number of nitrogens with zero attached hydrogens (tertiary/aromatic N) is 6. The maximum Gasteiger partial charge on any atom is 0.436 e. The zero-order valence-corrected chi connectivity index (χ0v) is 20.4. The normalized spacial score (nSPS) is 17.1. The summed E-state index contributed by atoms with van der Waals surface area (Å²) in [6, 6.07) is -0.976. The van der Waals surface area contributed by atoms with Crippen molar-refractivity contribution in [2.45, 2.75) is 51.4 Å². The van der Waals surface area contributed by atoms with Gasteiger partial charge in [0, 0.05) is 38.9 Å². The van der Waals surface area contributed by atoms with Gasteiger partial charge in [-0.2, -0.15) is 27.7 Å². The summed E-state index contributed by atoms with van der Waals surface area (Å²) in [5.74, 6) is -0.427. The van der Waals surface area contributed by atoms with Crippen LogP contribution in [0.3, 0.4) is 0 Å². The molecular formula is C18H24BrF3N6O3S. The fourth-order valence-corrected chi connectivity index (χ4v) is 5.71. The first-order valence-corrected chi connectivity index (χ1v) is 12.2. The Kier molecular flexibility index (Phi) is 6.78. The smallest absolute Gasteiger partial charge is 0.338 e. The topological polar surface area (TPSA) is 93.3 Å². The number of amides is 1. The summed E-state index contributed by atoms with van der Waals surface area (Å²) < 4.78 is 69.1. The van der Waals surface area contributed by atoms with Gasteiger partial charge in [-0.25, -0.2) is 8.42 Å².